The van der Waals surface area contributed by atoms with E-state index >= 15 is 0 Å². The molecule has 0 unspecified atom stereocenters. The van der Waals surface area contributed by atoms with Gasteiger partial charge in [-0.05, 0) is 29.3 Å². The summed E-state index contributed by atoms with van der Waals surface area (Å²) in [4.78, 5) is 14.0. The summed E-state index contributed by atoms with van der Waals surface area (Å²) < 4.78 is 5.49. The third-order valence-corrected chi connectivity index (χ3v) is 5.08. The Morgan fingerprint density at radius 1 is 1.20 bits per heavy atom. The van der Waals surface area contributed by atoms with Crippen LogP contribution in [0, 0.1) is 28.1 Å². The Morgan fingerprint density at radius 2 is 1.96 bits per heavy atom. The van der Waals surface area contributed by atoms with Crippen molar-refractivity contribution in [2.45, 2.75) is 18.0 Å². The minimum absolute atomic E-state index is 0.409. The molecule has 0 bridgehead atoms. The van der Waals surface area contributed by atoms with Gasteiger partial charge in [-0.1, -0.05) is 24.3 Å². The molecule has 25 heavy (non-hydrogen) atoms. The molecule has 2 aromatic rings. The van der Waals surface area contributed by atoms with Gasteiger partial charge in [0.15, 0.2) is 5.41 Å². The lowest BCUT2D eigenvalue weighted by atomic mass is 9.69. The smallest absolute Gasteiger partial charge is 0.240 e. The summed E-state index contributed by atoms with van der Waals surface area (Å²) in [6.45, 7) is 0. The number of hydrogen-bond donors (Lipinski definition) is 1. The van der Waals surface area contributed by atoms with Crippen LogP contribution in [0.1, 0.15) is 28.8 Å². The molecule has 4 rings (SSSR count). The molecular formula is C19H14N4O2. The number of nitriles is 2. The summed E-state index contributed by atoms with van der Waals surface area (Å²) in [5.74, 6) is -0.967. The first kappa shape index (κ1) is 15.0. The van der Waals surface area contributed by atoms with Crippen molar-refractivity contribution in [1.29, 1.82) is 10.5 Å². The maximum Gasteiger partial charge on any atom is 0.240 e. The number of benzene rings is 1. The first-order valence-corrected chi connectivity index (χ1v) is 7.84. The normalized spacial score (nSPS) is 25.5. The highest BCUT2D eigenvalue weighted by molar-refractivity contribution is 5.83. The Hall–Kier alpha value is -3.51. The molecule has 0 aliphatic carbocycles. The Morgan fingerprint density at radius 3 is 2.60 bits per heavy atom. The molecule has 6 heteroatoms. The van der Waals surface area contributed by atoms with Crippen molar-refractivity contribution in [1.82, 2.24) is 4.90 Å². The molecule has 6 nitrogen and oxygen atoms in total. The molecule has 1 aromatic carbocycles. The summed E-state index contributed by atoms with van der Waals surface area (Å²) in [5.41, 5.74) is 5.92. The quantitative estimate of drug-likeness (QED) is 0.909. The maximum absolute atomic E-state index is 12.3. The minimum Gasteiger partial charge on any atom is -0.469 e. The molecule has 1 saturated heterocycles. The largest absolute Gasteiger partial charge is 0.469 e. The molecule has 0 spiro atoms. The number of nitrogens with zero attached hydrogens (tertiary/aromatic N) is 3. The molecule has 2 aliphatic rings. The first-order chi connectivity index (χ1) is 12.1. The zero-order valence-electron chi connectivity index (χ0n) is 13.2. The Bertz CT molecular complexity index is 935. The maximum atomic E-state index is 12.3. The SMILES string of the molecule is N#CC1(C#N)[C@H](c2ccco2)[C@@H](C(N)=O)N2C=Cc3ccccc3[C@H]21. The zero-order valence-corrected chi connectivity index (χ0v) is 13.2. The van der Waals surface area contributed by atoms with Crippen LogP contribution in [0.4, 0.5) is 0 Å². The van der Waals surface area contributed by atoms with E-state index in [1.54, 1.807) is 23.2 Å². The summed E-state index contributed by atoms with van der Waals surface area (Å²) >= 11 is 0. The fourth-order valence-electron chi connectivity index (χ4n) is 4.10. The van der Waals surface area contributed by atoms with Gasteiger partial charge < -0.3 is 15.1 Å². The number of nitrogens with two attached hydrogens (primary N) is 1. The minimum atomic E-state index is -1.50. The predicted molar refractivity (Wildman–Crippen MR) is 88.1 cm³/mol. The van der Waals surface area contributed by atoms with E-state index in [-0.39, 0.29) is 0 Å². The van der Waals surface area contributed by atoms with Crippen LogP contribution in [0.15, 0.2) is 53.3 Å². The average Bonchev–Trinajstić information content (AvgIpc) is 3.25. The Kier molecular flexibility index (Phi) is 3.16. The van der Waals surface area contributed by atoms with Crippen LogP contribution in [0.3, 0.4) is 0 Å². The predicted octanol–water partition coefficient (Wildman–Crippen LogP) is 2.29. The number of hydrogen-bond acceptors (Lipinski definition) is 5. The van der Waals surface area contributed by atoms with E-state index in [1.165, 1.54) is 6.26 Å². The van der Waals surface area contributed by atoms with Crippen molar-refractivity contribution in [2.24, 2.45) is 11.1 Å². The van der Waals surface area contributed by atoms with E-state index in [2.05, 4.69) is 12.1 Å². The van der Waals surface area contributed by atoms with Crippen LogP contribution < -0.4 is 5.73 Å². The molecule has 1 amide bonds. The van der Waals surface area contributed by atoms with Crippen molar-refractivity contribution < 1.29 is 9.21 Å². The van der Waals surface area contributed by atoms with Crippen LogP contribution in [-0.2, 0) is 4.79 Å². The number of fused-ring (bicyclic) bond motifs is 3. The summed E-state index contributed by atoms with van der Waals surface area (Å²) in [7, 11) is 0. The highest BCUT2D eigenvalue weighted by Gasteiger charge is 2.64. The van der Waals surface area contributed by atoms with Gasteiger partial charge in [-0.2, -0.15) is 10.5 Å². The lowest BCUT2D eigenvalue weighted by Gasteiger charge is -2.34. The molecule has 1 aromatic heterocycles. The lowest BCUT2D eigenvalue weighted by Crippen LogP contribution is -2.41. The number of carbonyl (C=O) groups is 1. The van der Waals surface area contributed by atoms with Crippen LogP contribution in [0.5, 0.6) is 0 Å². The third kappa shape index (κ3) is 1.85. The van der Waals surface area contributed by atoms with Crippen LogP contribution >= 0.6 is 0 Å². The first-order valence-electron chi connectivity index (χ1n) is 7.84. The fraction of sp³-hybridized carbons (Fsp3) is 0.211. The second kappa shape index (κ2) is 5.25. The van der Waals surface area contributed by atoms with E-state index in [0.29, 0.717) is 5.76 Å². The monoisotopic (exact) mass is 330 g/mol. The van der Waals surface area contributed by atoms with Gasteiger partial charge in [-0.15, -0.1) is 0 Å². The van der Waals surface area contributed by atoms with Crippen LogP contribution in [-0.4, -0.2) is 16.8 Å². The van der Waals surface area contributed by atoms with Crippen molar-refractivity contribution in [3.63, 3.8) is 0 Å². The molecule has 2 N–H and O–H groups in total. The van der Waals surface area contributed by atoms with E-state index in [0.717, 1.165) is 11.1 Å². The number of carbonyl (C=O) groups excluding carboxylic acids is 1. The van der Waals surface area contributed by atoms with Crippen molar-refractivity contribution in [3.8, 4) is 12.1 Å². The highest BCUT2D eigenvalue weighted by atomic mass is 16.3. The van der Waals surface area contributed by atoms with Crippen LogP contribution in [0.25, 0.3) is 6.08 Å². The number of amides is 1. The van der Waals surface area contributed by atoms with Crippen molar-refractivity contribution >= 4 is 12.0 Å². The van der Waals surface area contributed by atoms with Gasteiger partial charge in [0.2, 0.25) is 5.91 Å². The second-order valence-electron chi connectivity index (χ2n) is 6.23. The van der Waals surface area contributed by atoms with Gasteiger partial charge in [0.25, 0.3) is 0 Å². The number of furan rings is 1. The molecular weight excluding hydrogens is 316 g/mol. The van der Waals surface area contributed by atoms with Gasteiger partial charge in [0.1, 0.15) is 11.8 Å². The van der Waals surface area contributed by atoms with E-state index in [4.69, 9.17) is 10.2 Å². The fourth-order valence-corrected chi connectivity index (χ4v) is 4.10. The molecule has 2 aliphatic heterocycles. The Labute approximate surface area is 144 Å². The molecule has 122 valence electrons. The number of primary amides is 1. The molecule has 0 saturated carbocycles. The van der Waals surface area contributed by atoms with Gasteiger partial charge >= 0.3 is 0 Å². The van der Waals surface area contributed by atoms with Gasteiger partial charge in [-0.3, -0.25) is 4.79 Å². The summed E-state index contributed by atoms with van der Waals surface area (Å²) in [6.07, 6.45) is 5.08. The van der Waals surface area contributed by atoms with Crippen LogP contribution in [0.2, 0.25) is 0 Å². The van der Waals surface area contributed by atoms with Crippen molar-refractivity contribution in [3.05, 3.63) is 65.7 Å². The van der Waals surface area contributed by atoms with Gasteiger partial charge in [0.05, 0.1) is 30.4 Å². The average molecular weight is 330 g/mol. The van der Waals surface area contributed by atoms with E-state index < -0.39 is 29.3 Å². The summed E-state index contributed by atoms with van der Waals surface area (Å²) in [6, 6.07) is 13.8. The number of rotatable bonds is 2. The Balaban J connectivity index is 2.02. The highest BCUT2D eigenvalue weighted by Crippen LogP contribution is 2.59. The van der Waals surface area contributed by atoms with Gasteiger partial charge in [-0.25, -0.2) is 0 Å². The summed E-state index contributed by atoms with van der Waals surface area (Å²) in [5, 5.41) is 20.1. The molecule has 3 atom stereocenters. The molecule has 1 fully saturated rings. The van der Waals surface area contributed by atoms with E-state index in [9.17, 15) is 15.3 Å². The second-order valence-corrected chi connectivity index (χ2v) is 6.23. The van der Waals surface area contributed by atoms with E-state index in [1.807, 2.05) is 30.3 Å². The molecule has 3 heterocycles. The lowest BCUT2D eigenvalue weighted by molar-refractivity contribution is -0.122. The third-order valence-electron chi connectivity index (χ3n) is 5.08. The standard InChI is InChI=1S/C19H14N4O2/c20-10-19(11-21)15(14-6-3-9-25-14)16(18(22)24)23-8-7-12-4-1-2-5-13(12)17(19)23/h1-9,15-17H,(H2,22,24)/t15-,16+,17+/m1/s1. The van der Waals surface area contributed by atoms with Crippen molar-refractivity contribution in [2.75, 3.05) is 0 Å². The topological polar surface area (TPSA) is 107 Å². The zero-order chi connectivity index (χ0) is 17.6. The molecule has 0 radical (unpaired) electrons. The van der Waals surface area contributed by atoms with Gasteiger partial charge in [0, 0.05) is 6.20 Å².